The van der Waals surface area contributed by atoms with Crippen LogP contribution in [0.4, 0.5) is 27.6 Å². The molecule has 0 fully saturated rings. The van der Waals surface area contributed by atoms with Crippen LogP contribution < -0.4 is 4.74 Å². The zero-order valence-corrected chi connectivity index (χ0v) is 10.8. The zero-order valence-electron chi connectivity index (χ0n) is 9.27. The Morgan fingerprint density at radius 1 is 1.38 bits per heavy atom. The molecule has 1 aromatic rings. The SMILES string of the molecule is O=[N+]([O-])c1cc(S(=O)(=O)Cl)c(OC(F)(F)F)nc1C(F)F. The van der Waals surface area contributed by atoms with Gasteiger partial charge in [-0.3, -0.25) is 10.1 Å². The maximum atomic E-state index is 12.5. The van der Waals surface area contributed by atoms with Crippen molar-refractivity contribution in [1.29, 1.82) is 0 Å². The van der Waals surface area contributed by atoms with E-state index in [1.165, 1.54) is 0 Å². The van der Waals surface area contributed by atoms with Crippen molar-refractivity contribution in [2.24, 2.45) is 0 Å². The van der Waals surface area contributed by atoms with Gasteiger partial charge in [-0.2, -0.15) is 0 Å². The summed E-state index contributed by atoms with van der Waals surface area (Å²) in [6.07, 6.45) is -9.12. The van der Waals surface area contributed by atoms with Crippen molar-refractivity contribution in [3.05, 3.63) is 21.9 Å². The van der Waals surface area contributed by atoms with Crippen molar-refractivity contribution >= 4 is 25.4 Å². The molecule has 0 spiro atoms. The van der Waals surface area contributed by atoms with Crippen molar-refractivity contribution in [1.82, 2.24) is 4.98 Å². The number of nitro groups is 1. The minimum Gasteiger partial charge on any atom is -0.386 e. The van der Waals surface area contributed by atoms with Gasteiger partial charge < -0.3 is 4.74 Å². The molecule has 0 N–H and O–H groups in total. The number of pyridine rings is 1. The van der Waals surface area contributed by atoms with Gasteiger partial charge in [0.25, 0.3) is 21.2 Å². The van der Waals surface area contributed by atoms with Gasteiger partial charge in [-0.1, -0.05) is 0 Å². The lowest BCUT2D eigenvalue weighted by molar-refractivity contribution is -0.387. The molecule has 0 aliphatic rings. The molecule has 1 heterocycles. The summed E-state index contributed by atoms with van der Waals surface area (Å²) in [4.78, 5) is 10.1. The molecule has 0 aromatic carbocycles. The lowest BCUT2D eigenvalue weighted by Gasteiger charge is -2.12. The zero-order chi connectivity index (χ0) is 16.6. The predicted molar refractivity (Wildman–Crippen MR) is 55.6 cm³/mol. The van der Waals surface area contributed by atoms with E-state index in [9.17, 15) is 40.5 Å². The highest BCUT2D eigenvalue weighted by Crippen LogP contribution is 2.37. The summed E-state index contributed by atoms with van der Waals surface area (Å²) in [5.41, 5.74) is -3.21. The lowest BCUT2D eigenvalue weighted by Crippen LogP contribution is -2.20. The molecule has 0 saturated carbocycles. The first kappa shape index (κ1) is 17.3. The fourth-order valence-electron chi connectivity index (χ4n) is 1.15. The largest absolute Gasteiger partial charge is 0.574 e. The van der Waals surface area contributed by atoms with E-state index in [-0.39, 0.29) is 6.07 Å². The highest BCUT2D eigenvalue weighted by molar-refractivity contribution is 8.13. The third-order valence-corrected chi connectivity index (χ3v) is 3.16. The monoisotopic (exact) mass is 356 g/mol. The highest BCUT2D eigenvalue weighted by Gasteiger charge is 2.38. The molecule has 0 atom stereocenters. The molecule has 0 amide bonds. The molecule has 118 valence electrons. The van der Waals surface area contributed by atoms with Crippen LogP contribution in [0.2, 0.25) is 0 Å². The van der Waals surface area contributed by atoms with E-state index in [1.807, 2.05) is 0 Å². The van der Waals surface area contributed by atoms with Gasteiger partial charge >= 0.3 is 6.36 Å². The van der Waals surface area contributed by atoms with Gasteiger partial charge in [0.2, 0.25) is 5.88 Å². The Kier molecular flexibility index (Phi) is 4.57. The first-order valence-corrected chi connectivity index (χ1v) is 6.81. The molecule has 7 nitrogen and oxygen atoms in total. The summed E-state index contributed by atoms with van der Waals surface area (Å²) in [5, 5.41) is 10.5. The van der Waals surface area contributed by atoms with E-state index in [0.717, 1.165) is 0 Å². The second-order valence-corrected chi connectivity index (χ2v) is 5.77. The summed E-state index contributed by atoms with van der Waals surface area (Å²) >= 11 is 0. The Labute approximate surface area is 116 Å². The third-order valence-electron chi connectivity index (χ3n) is 1.84. The van der Waals surface area contributed by atoms with E-state index in [4.69, 9.17) is 10.7 Å². The average Bonchev–Trinajstić information content (AvgIpc) is 2.23. The first-order chi connectivity index (χ1) is 9.33. The smallest absolute Gasteiger partial charge is 0.386 e. The summed E-state index contributed by atoms with van der Waals surface area (Å²) in [6, 6.07) is -0.0854. The standard InChI is InChI=1S/C7H2ClF5N2O5S/c8-21(18,19)3-1-2(15(16)17)4(5(9)10)14-6(3)20-7(11,12)13/h1,5H. The molecule has 0 radical (unpaired) electrons. The van der Waals surface area contributed by atoms with E-state index >= 15 is 0 Å². The fraction of sp³-hybridized carbons (Fsp3) is 0.286. The van der Waals surface area contributed by atoms with Crippen molar-refractivity contribution in [2.75, 3.05) is 0 Å². The Hall–Kier alpha value is -1.76. The molecule has 0 unspecified atom stereocenters. The molecule has 0 aliphatic carbocycles. The third kappa shape index (κ3) is 4.35. The minimum atomic E-state index is -5.47. The second kappa shape index (κ2) is 5.55. The molecule has 1 rings (SSSR count). The summed E-state index contributed by atoms with van der Waals surface area (Å²) < 4.78 is 86.6. The number of hydrogen-bond acceptors (Lipinski definition) is 6. The molecule has 0 bridgehead atoms. The van der Waals surface area contributed by atoms with E-state index < -0.39 is 48.9 Å². The van der Waals surface area contributed by atoms with Crippen LogP contribution in [0, 0.1) is 10.1 Å². The quantitative estimate of drug-likeness (QED) is 0.356. The number of halogens is 6. The van der Waals surface area contributed by atoms with Gasteiger partial charge in [0.15, 0.2) is 10.6 Å². The molecular formula is C7H2ClF5N2O5S. The summed E-state index contributed by atoms with van der Waals surface area (Å²) in [7, 11) is -0.193. The maximum Gasteiger partial charge on any atom is 0.574 e. The normalized spacial score (nSPS) is 12.5. The molecule has 14 heteroatoms. The van der Waals surface area contributed by atoms with Gasteiger partial charge in [-0.15, -0.1) is 13.2 Å². The van der Waals surface area contributed by atoms with Crippen molar-refractivity contribution in [3.8, 4) is 5.88 Å². The molecule has 0 aliphatic heterocycles. The molecule has 21 heavy (non-hydrogen) atoms. The van der Waals surface area contributed by atoms with Gasteiger partial charge in [0, 0.05) is 16.7 Å². The number of ether oxygens (including phenoxy) is 1. The number of aromatic nitrogens is 1. The Bertz CT molecular complexity index is 677. The van der Waals surface area contributed by atoms with Gasteiger partial charge in [0.1, 0.15) is 0 Å². The van der Waals surface area contributed by atoms with E-state index in [2.05, 4.69) is 9.72 Å². The number of hydrogen-bond donors (Lipinski definition) is 0. The molecule has 1 aromatic heterocycles. The predicted octanol–water partition coefficient (Wildman–Crippen LogP) is 2.75. The Morgan fingerprint density at radius 2 is 1.90 bits per heavy atom. The Balaban J connectivity index is 3.68. The van der Waals surface area contributed by atoms with Crippen molar-refractivity contribution in [2.45, 2.75) is 17.7 Å². The number of nitrogens with zero attached hydrogens (tertiary/aromatic N) is 2. The van der Waals surface area contributed by atoms with Gasteiger partial charge in [-0.25, -0.2) is 22.2 Å². The fourth-order valence-corrected chi connectivity index (χ4v) is 2.03. The number of rotatable bonds is 4. The molecular weight excluding hydrogens is 355 g/mol. The minimum absolute atomic E-state index is 0.0854. The summed E-state index contributed by atoms with van der Waals surface area (Å²) in [5.74, 6) is -1.83. The topological polar surface area (TPSA) is 99.4 Å². The van der Waals surface area contributed by atoms with Crippen LogP contribution in [-0.2, 0) is 9.05 Å². The van der Waals surface area contributed by atoms with Crippen LogP contribution >= 0.6 is 10.7 Å². The van der Waals surface area contributed by atoms with Crippen molar-refractivity contribution < 1.29 is 40.0 Å². The highest BCUT2D eigenvalue weighted by atomic mass is 35.7. The van der Waals surface area contributed by atoms with Crippen LogP contribution in [0.1, 0.15) is 12.1 Å². The maximum absolute atomic E-state index is 12.5. The van der Waals surface area contributed by atoms with Crippen LogP contribution in [0.15, 0.2) is 11.0 Å². The number of alkyl halides is 5. The Morgan fingerprint density at radius 3 is 2.24 bits per heavy atom. The van der Waals surface area contributed by atoms with Crippen LogP contribution in [0.5, 0.6) is 5.88 Å². The van der Waals surface area contributed by atoms with E-state index in [1.54, 1.807) is 0 Å². The average molecular weight is 357 g/mol. The first-order valence-electron chi connectivity index (χ1n) is 4.51. The van der Waals surface area contributed by atoms with Gasteiger partial charge in [0.05, 0.1) is 4.92 Å². The molecule has 0 saturated heterocycles. The van der Waals surface area contributed by atoms with Crippen molar-refractivity contribution in [3.63, 3.8) is 0 Å². The van der Waals surface area contributed by atoms with Gasteiger partial charge in [-0.05, 0) is 0 Å². The summed E-state index contributed by atoms with van der Waals surface area (Å²) in [6.45, 7) is 0. The van der Waals surface area contributed by atoms with E-state index in [0.29, 0.717) is 0 Å². The van der Waals surface area contributed by atoms with Crippen LogP contribution in [-0.4, -0.2) is 24.7 Å². The van der Waals surface area contributed by atoms with Crippen LogP contribution in [0.25, 0.3) is 0 Å². The second-order valence-electron chi connectivity index (χ2n) is 3.24. The lowest BCUT2D eigenvalue weighted by atomic mass is 10.3. The van der Waals surface area contributed by atoms with Crippen LogP contribution in [0.3, 0.4) is 0 Å².